The fraction of sp³-hybridized carbons (Fsp3) is 0.538. The number of aryl methyl sites for hydroxylation is 1. The van der Waals surface area contributed by atoms with Crippen LogP contribution in [0.1, 0.15) is 19.2 Å². The van der Waals surface area contributed by atoms with Crippen molar-refractivity contribution >= 4 is 5.82 Å². The lowest BCUT2D eigenvalue weighted by molar-refractivity contribution is 0.143. The number of nitrogens with zero attached hydrogens (tertiary/aromatic N) is 2. The van der Waals surface area contributed by atoms with Gasteiger partial charge < -0.3 is 14.8 Å². The Morgan fingerprint density at radius 2 is 2.22 bits per heavy atom. The Morgan fingerprint density at radius 3 is 2.89 bits per heavy atom. The largest absolute Gasteiger partial charge is 0.475 e. The van der Waals surface area contributed by atoms with Gasteiger partial charge in [0.25, 0.3) is 0 Å². The molecule has 0 saturated carbocycles. The van der Waals surface area contributed by atoms with Crippen molar-refractivity contribution in [2.45, 2.75) is 19.8 Å². The summed E-state index contributed by atoms with van der Waals surface area (Å²) in [4.78, 5) is 8.76. The normalized spacial score (nSPS) is 10.1. The van der Waals surface area contributed by atoms with E-state index in [1.807, 2.05) is 0 Å². The minimum Gasteiger partial charge on any atom is -0.475 e. The van der Waals surface area contributed by atoms with Crippen molar-refractivity contribution < 1.29 is 9.47 Å². The molecule has 1 rings (SSSR count). The van der Waals surface area contributed by atoms with E-state index in [-0.39, 0.29) is 0 Å². The number of nitrogens with one attached hydrogen (secondary N) is 1. The maximum atomic E-state index is 5.51. The maximum absolute atomic E-state index is 5.51. The van der Waals surface area contributed by atoms with Crippen molar-refractivity contribution in [3.63, 3.8) is 0 Å². The molecule has 0 unspecified atom stereocenters. The van der Waals surface area contributed by atoms with Gasteiger partial charge >= 0.3 is 0 Å². The zero-order chi connectivity index (χ0) is 13.2. The zero-order valence-corrected chi connectivity index (χ0v) is 11.1. The summed E-state index contributed by atoms with van der Waals surface area (Å²) in [5.74, 6) is 2.14. The van der Waals surface area contributed by atoms with Crippen LogP contribution in [0.15, 0.2) is 18.7 Å². The van der Waals surface area contributed by atoms with Crippen LogP contribution < -0.4 is 10.1 Å². The summed E-state index contributed by atoms with van der Waals surface area (Å²) in [6, 6.07) is 1.79. The number of methoxy groups -OCH3 is 1. The van der Waals surface area contributed by atoms with Crippen LogP contribution in [0.4, 0.5) is 5.82 Å². The molecule has 0 atom stereocenters. The van der Waals surface area contributed by atoms with Crippen LogP contribution >= 0.6 is 0 Å². The molecule has 0 radical (unpaired) electrons. The van der Waals surface area contributed by atoms with Gasteiger partial charge in [-0.2, -0.15) is 4.98 Å². The predicted molar refractivity (Wildman–Crippen MR) is 72.1 cm³/mol. The van der Waals surface area contributed by atoms with E-state index in [0.717, 1.165) is 24.5 Å². The van der Waals surface area contributed by atoms with E-state index in [0.29, 0.717) is 25.6 Å². The van der Waals surface area contributed by atoms with Crippen molar-refractivity contribution in [1.29, 1.82) is 0 Å². The van der Waals surface area contributed by atoms with Crippen LogP contribution in [0.25, 0.3) is 0 Å². The molecule has 0 fully saturated rings. The number of ether oxygens (including phenoxy) is 2. The second kappa shape index (κ2) is 8.47. The molecule has 5 heteroatoms. The van der Waals surface area contributed by atoms with Gasteiger partial charge in [0.1, 0.15) is 18.2 Å². The van der Waals surface area contributed by atoms with Gasteiger partial charge in [-0.3, -0.25) is 0 Å². The Hall–Kier alpha value is -1.62. The fourth-order valence-corrected chi connectivity index (χ4v) is 1.38. The van der Waals surface area contributed by atoms with Crippen molar-refractivity contribution in [3.05, 3.63) is 24.5 Å². The molecule has 1 heterocycles. The molecule has 0 aliphatic heterocycles. The molecular weight excluding hydrogens is 230 g/mol. The average molecular weight is 251 g/mol. The van der Waals surface area contributed by atoms with Crippen LogP contribution in [-0.2, 0) is 11.2 Å². The monoisotopic (exact) mass is 251 g/mol. The smallest absolute Gasteiger partial charge is 0.218 e. The molecular formula is C13H21N3O2. The Morgan fingerprint density at radius 1 is 1.39 bits per heavy atom. The third kappa shape index (κ3) is 5.14. The lowest BCUT2D eigenvalue weighted by atomic mass is 10.3. The number of hydrogen-bond acceptors (Lipinski definition) is 5. The van der Waals surface area contributed by atoms with Crippen LogP contribution in [-0.4, -0.2) is 36.8 Å². The van der Waals surface area contributed by atoms with E-state index in [9.17, 15) is 0 Å². The lowest BCUT2D eigenvalue weighted by Crippen LogP contribution is -2.09. The predicted octanol–water partition coefficient (Wildman–Crippen LogP) is 2.05. The minimum absolute atomic E-state index is 0.486. The van der Waals surface area contributed by atoms with Gasteiger partial charge in [-0.1, -0.05) is 13.0 Å². The van der Waals surface area contributed by atoms with Gasteiger partial charge in [0.2, 0.25) is 5.88 Å². The van der Waals surface area contributed by atoms with E-state index >= 15 is 0 Å². The first-order valence-corrected chi connectivity index (χ1v) is 6.14. The Kier molecular flexibility index (Phi) is 6.79. The summed E-state index contributed by atoms with van der Waals surface area (Å²) in [5.41, 5.74) is 0. The maximum Gasteiger partial charge on any atom is 0.218 e. The van der Waals surface area contributed by atoms with E-state index in [1.54, 1.807) is 19.3 Å². The van der Waals surface area contributed by atoms with Gasteiger partial charge in [0.05, 0.1) is 6.61 Å². The summed E-state index contributed by atoms with van der Waals surface area (Å²) in [7, 11) is 1.64. The Bertz CT molecular complexity index is 369. The molecule has 0 saturated heterocycles. The second-order valence-corrected chi connectivity index (χ2v) is 3.77. The number of aromatic nitrogens is 2. The van der Waals surface area contributed by atoms with Gasteiger partial charge in [0.15, 0.2) is 0 Å². The van der Waals surface area contributed by atoms with Crippen molar-refractivity contribution in [1.82, 2.24) is 9.97 Å². The second-order valence-electron chi connectivity index (χ2n) is 3.77. The molecule has 18 heavy (non-hydrogen) atoms. The van der Waals surface area contributed by atoms with E-state index in [1.165, 1.54) is 0 Å². The van der Waals surface area contributed by atoms with Crippen molar-refractivity contribution in [2.75, 3.05) is 32.2 Å². The third-order valence-electron chi connectivity index (χ3n) is 2.19. The molecule has 1 aromatic rings. The van der Waals surface area contributed by atoms with Crippen LogP contribution in [0.5, 0.6) is 5.88 Å². The first kappa shape index (κ1) is 14.4. The number of hydrogen-bond donors (Lipinski definition) is 1. The molecule has 0 bridgehead atoms. The summed E-state index contributed by atoms with van der Waals surface area (Å²) < 4.78 is 10.5. The highest BCUT2D eigenvalue weighted by molar-refractivity contribution is 5.39. The molecule has 0 aliphatic rings. The minimum atomic E-state index is 0.486. The fourth-order valence-electron chi connectivity index (χ4n) is 1.38. The van der Waals surface area contributed by atoms with Crippen LogP contribution in [0.2, 0.25) is 0 Å². The molecule has 0 spiro atoms. The van der Waals surface area contributed by atoms with E-state index < -0.39 is 0 Å². The highest BCUT2D eigenvalue weighted by Crippen LogP contribution is 2.14. The summed E-state index contributed by atoms with van der Waals surface area (Å²) in [5, 5.41) is 3.14. The van der Waals surface area contributed by atoms with Crippen molar-refractivity contribution in [3.8, 4) is 5.88 Å². The molecule has 1 aromatic heterocycles. The first-order valence-electron chi connectivity index (χ1n) is 6.14. The number of rotatable bonds is 9. The van der Waals surface area contributed by atoms with Gasteiger partial charge in [-0.05, 0) is 6.42 Å². The first-order chi connectivity index (χ1) is 8.80. The van der Waals surface area contributed by atoms with Gasteiger partial charge in [0, 0.05) is 26.1 Å². The number of anilines is 1. The molecule has 5 nitrogen and oxygen atoms in total. The summed E-state index contributed by atoms with van der Waals surface area (Å²) in [6.07, 6.45) is 3.62. The zero-order valence-electron chi connectivity index (χ0n) is 11.1. The van der Waals surface area contributed by atoms with Crippen molar-refractivity contribution in [2.24, 2.45) is 0 Å². The highest BCUT2D eigenvalue weighted by atomic mass is 16.5. The highest BCUT2D eigenvalue weighted by Gasteiger charge is 2.04. The molecule has 0 amide bonds. The molecule has 1 N–H and O–H groups in total. The summed E-state index contributed by atoms with van der Waals surface area (Å²) >= 11 is 0. The van der Waals surface area contributed by atoms with Crippen LogP contribution in [0, 0.1) is 0 Å². The van der Waals surface area contributed by atoms with Gasteiger partial charge in [-0.15, -0.1) is 6.58 Å². The van der Waals surface area contributed by atoms with Gasteiger partial charge in [-0.25, -0.2) is 4.98 Å². The third-order valence-corrected chi connectivity index (χ3v) is 2.19. The Labute approximate surface area is 108 Å². The van der Waals surface area contributed by atoms with E-state index in [2.05, 4.69) is 28.8 Å². The van der Waals surface area contributed by atoms with Crippen LogP contribution in [0.3, 0.4) is 0 Å². The molecule has 0 aliphatic carbocycles. The lowest BCUT2D eigenvalue weighted by Gasteiger charge is -2.09. The SMILES string of the molecule is C=CCNc1cc(OCCOC)nc(CCC)n1. The molecule has 0 aromatic carbocycles. The van der Waals surface area contributed by atoms with E-state index in [4.69, 9.17) is 9.47 Å². The quantitative estimate of drug-likeness (QED) is 0.537. The molecule has 100 valence electrons. The Balaban J connectivity index is 2.73. The topological polar surface area (TPSA) is 56.3 Å². The summed E-state index contributed by atoms with van der Waals surface area (Å²) in [6.45, 7) is 7.46. The average Bonchev–Trinajstić information content (AvgIpc) is 2.37. The standard InChI is InChI=1S/C13H21N3O2/c1-4-6-11-15-12(14-7-5-2)10-13(16-11)18-9-8-17-3/h5,10H,2,4,6-9H2,1,3H3,(H,14,15,16).